The third kappa shape index (κ3) is 5.24. The molecule has 0 aliphatic carbocycles. The number of hydrogen-bond donors (Lipinski definition) is 3. The highest BCUT2D eigenvalue weighted by atomic mass is 16.6. The van der Waals surface area contributed by atoms with E-state index in [2.05, 4.69) is 16.0 Å². The van der Waals surface area contributed by atoms with Crippen molar-refractivity contribution in [1.82, 2.24) is 16.0 Å². The second-order valence-electron chi connectivity index (χ2n) is 9.91. The van der Waals surface area contributed by atoms with Gasteiger partial charge >= 0.3 is 6.09 Å². The van der Waals surface area contributed by atoms with E-state index in [1.54, 1.807) is 20.8 Å². The van der Waals surface area contributed by atoms with Crippen molar-refractivity contribution in [3.05, 3.63) is 28.8 Å². The van der Waals surface area contributed by atoms with Gasteiger partial charge in [0, 0.05) is 44.6 Å². The van der Waals surface area contributed by atoms with Crippen molar-refractivity contribution in [3.8, 4) is 5.75 Å². The van der Waals surface area contributed by atoms with Gasteiger partial charge < -0.3 is 30.2 Å². The average molecular weight is 460 g/mol. The van der Waals surface area contributed by atoms with Crippen molar-refractivity contribution in [2.24, 2.45) is 0 Å². The van der Waals surface area contributed by atoms with E-state index >= 15 is 0 Å². The van der Waals surface area contributed by atoms with Gasteiger partial charge in [0.15, 0.2) is 0 Å². The molecule has 1 aromatic carbocycles. The zero-order valence-electron chi connectivity index (χ0n) is 19.5. The van der Waals surface area contributed by atoms with E-state index in [4.69, 9.17) is 14.2 Å². The van der Waals surface area contributed by atoms with Crippen molar-refractivity contribution >= 4 is 17.9 Å². The monoisotopic (exact) mass is 459 g/mol. The zero-order valence-corrected chi connectivity index (χ0v) is 19.5. The number of carbonyl (C=O) groups is 3. The maximum absolute atomic E-state index is 13.5. The fraction of sp³-hybridized carbons (Fsp3) is 0.625. The summed E-state index contributed by atoms with van der Waals surface area (Å²) in [5.74, 6) is 0.191. The Bertz CT molecular complexity index is 933. The molecule has 1 atom stereocenters. The van der Waals surface area contributed by atoms with Crippen LogP contribution < -0.4 is 20.7 Å². The van der Waals surface area contributed by atoms with Crippen LogP contribution in [0.15, 0.2) is 12.1 Å². The van der Waals surface area contributed by atoms with Gasteiger partial charge in [-0.05, 0) is 44.7 Å². The molecular formula is C24H33N3O6. The minimum Gasteiger partial charge on any atom is -0.493 e. The maximum atomic E-state index is 13.5. The van der Waals surface area contributed by atoms with Gasteiger partial charge in [0.1, 0.15) is 22.9 Å². The molecule has 4 rings (SSSR count). The van der Waals surface area contributed by atoms with Gasteiger partial charge in [-0.3, -0.25) is 9.59 Å². The van der Waals surface area contributed by atoms with Gasteiger partial charge in [-0.1, -0.05) is 12.1 Å². The smallest absolute Gasteiger partial charge is 0.408 e. The molecule has 0 unspecified atom stereocenters. The first-order valence-corrected chi connectivity index (χ1v) is 11.6. The fourth-order valence-electron chi connectivity index (χ4n) is 4.57. The minimum atomic E-state index is -1.20. The van der Waals surface area contributed by atoms with Crippen LogP contribution in [-0.4, -0.2) is 54.9 Å². The van der Waals surface area contributed by atoms with Gasteiger partial charge in [0.25, 0.3) is 0 Å². The standard InChI is InChI=1S/C24H33N3O6/c1-23(2,3)33-22(30)27-24(8-11-31-12-9-24)21(29)26-18-13-16-7-6-15-5-4-10-32-19(15)17(16)14-25-20(18)28/h6-7,18H,4-5,8-14H2,1-3H3,(H,25,28)(H,26,29)(H,27,30)/t18-/m0/s1. The molecule has 0 bridgehead atoms. The van der Waals surface area contributed by atoms with Crippen LogP contribution in [0.4, 0.5) is 4.79 Å². The molecule has 0 spiro atoms. The van der Waals surface area contributed by atoms with E-state index in [1.165, 1.54) is 0 Å². The van der Waals surface area contributed by atoms with Gasteiger partial charge in [-0.25, -0.2) is 4.79 Å². The molecule has 1 fully saturated rings. The number of aryl methyl sites for hydroxylation is 1. The fourth-order valence-corrected chi connectivity index (χ4v) is 4.57. The molecule has 3 amide bonds. The molecule has 3 N–H and O–H groups in total. The summed E-state index contributed by atoms with van der Waals surface area (Å²) in [5, 5.41) is 8.58. The molecule has 33 heavy (non-hydrogen) atoms. The van der Waals surface area contributed by atoms with Crippen LogP contribution >= 0.6 is 0 Å². The van der Waals surface area contributed by atoms with Gasteiger partial charge in [0.2, 0.25) is 11.8 Å². The predicted octanol–water partition coefficient (Wildman–Crippen LogP) is 1.74. The molecule has 3 aliphatic heterocycles. The number of hydrogen-bond acceptors (Lipinski definition) is 6. The topological polar surface area (TPSA) is 115 Å². The molecule has 180 valence electrons. The Morgan fingerprint density at radius 3 is 2.61 bits per heavy atom. The summed E-state index contributed by atoms with van der Waals surface area (Å²) in [6.45, 7) is 6.97. The number of amides is 3. The lowest BCUT2D eigenvalue weighted by Crippen LogP contribution is -2.64. The van der Waals surface area contributed by atoms with Crippen molar-refractivity contribution in [2.75, 3.05) is 19.8 Å². The van der Waals surface area contributed by atoms with Crippen LogP contribution in [0.3, 0.4) is 0 Å². The summed E-state index contributed by atoms with van der Waals surface area (Å²) in [6.07, 6.45) is 2.21. The molecule has 9 heteroatoms. The zero-order chi connectivity index (χ0) is 23.6. The van der Waals surface area contributed by atoms with Gasteiger partial charge in [0.05, 0.1) is 6.61 Å². The first-order chi connectivity index (χ1) is 15.7. The van der Waals surface area contributed by atoms with Crippen LogP contribution in [0.25, 0.3) is 0 Å². The Hall–Kier alpha value is -2.81. The van der Waals surface area contributed by atoms with Crippen molar-refractivity contribution in [2.45, 2.75) is 76.6 Å². The largest absolute Gasteiger partial charge is 0.493 e. The van der Waals surface area contributed by atoms with Crippen LogP contribution in [0.2, 0.25) is 0 Å². The quantitative estimate of drug-likeness (QED) is 0.634. The van der Waals surface area contributed by atoms with Crippen LogP contribution in [0.5, 0.6) is 5.75 Å². The SMILES string of the molecule is CC(C)(C)OC(=O)NC1(C(=O)N[C@H]2Cc3ccc4c(c3CNC2=O)OCCC4)CCOCC1. The highest BCUT2D eigenvalue weighted by Gasteiger charge is 2.44. The summed E-state index contributed by atoms with van der Waals surface area (Å²) in [5.41, 5.74) is 1.21. The Morgan fingerprint density at radius 2 is 1.88 bits per heavy atom. The minimum absolute atomic E-state index is 0.261. The Labute approximate surface area is 193 Å². The molecule has 3 heterocycles. The predicted molar refractivity (Wildman–Crippen MR) is 120 cm³/mol. The van der Waals surface area contributed by atoms with Crippen LogP contribution in [0.1, 0.15) is 56.7 Å². The van der Waals surface area contributed by atoms with E-state index in [9.17, 15) is 14.4 Å². The molecule has 0 saturated carbocycles. The van der Waals surface area contributed by atoms with E-state index in [-0.39, 0.29) is 5.91 Å². The molecule has 1 aromatic rings. The van der Waals surface area contributed by atoms with E-state index in [0.717, 1.165) is 35.3 Å². The summed E-state index contributed by atoms with van der Waals surface area (Å²) >= 11 is 0. The Balaban J connectivity index is 1.52. The first kappa shape index (κ1) is 23.4. The number of nitrogens with one attached hydrogen (secondary N) is 3. The number of carbonyl (C=O) groups excluding carboxylic acids is 3. The van der Waals surface area contributed by atoms with Crippen LogP contribution in [-0.2, 0) is 38.4 Å². The lowest BCUT2D eigenvalue weighted by Gasteiger charge is -2.37. The van der Waals surface area contributed by atoms with E-state index in [0.29, 0.717) is 45.6 Å². The van der Waals surface area contributed by atoms with Crippen LogP contribution in [0, 0.1) is 0 Å². The number of ether oxygens (including phenoxy) is 3. The number of alkyl carbamates (subject to hydrolysis) is 1. The molecule has 1 saturated heterocycles. The summed E-state index contributed by atoms with van der Waals surface area (Å²) in [4.78, 5) is 38.8. The van der Waals surface area contributed by atoms with Crippen molar-refractivity contribution < 1.29 is 28.6 Å². The Morgan fingerprint density at radius 1 is 1.15 bits per heavy atom. The second kappa shape index (κ2) is 9.21. The number of rotatable bonds is 3. The maximum Gasteiger partial charge on any atom is 0.408 e. The highest BCUT2D eigenvalue weighted by Crippen LogP contribution is 2.33. The highest BCUT2D eigenvalue weighted by molar-refractivity contribution is 5.94. The Kier molecular flexibility index (Phi) is 6.52. The van der Waals surface area contributed by atoms with E-state index in [1.807, 2.05) is 12.1 Å². The second-order valence-corrected chi connectivity index (χ2v) is 9.91. The van der Waals surface area contributed by atoms with E-state index < -0.39 is 29.2 Å². The van der Waals surface area contributed by atoms with Crippen molar-refractivity contribution in [3.63, 3.8) is 0 Å². The summed E-state index contributed by atoms with van der Waals surface area (Å²) < 4.78 is 16.7. The summed E-state index contributed by atoms with van der Waals surface area (Å²) in [7, 11) is 0. The summed E-state index contributed by atoms with van der Waals surface area (Å²) in [6, 6.07) is 3.30. The molecule has 9 nitrogen and oxygen atoms in total. The van der Waals surface area contributed by atoms with Gasteiger partial charge in [-0.15, -0.1) is 0 Å². The number of fused-ring (bicyclic) bond motifs is 3. The lowest BCUT2D eigenvalue weighted by atomic mass is 9.88. The molecule has 0 aromatic heterocycles. The molecule has 0 radical (unpaired) electrons. The average Bonchev–Trinajstić information content (AvgIpc) is 2.92. The third-order valence-electron chi connectivity index (χ3n) is 6.28. The molecule has 3 aliphatic rings. The first-order valence-electron chi connectivity index (χ1n) is 11.6. The van der Waals surface area contributed by atoms with Crippen molar-refractivity contribution in [1.29, 1.82) is 0 Å². The van der Waals surface area contributed by atoms with Gasteiger partial charge in [-0.2, -0.15) is 0 Å². The third-order valence-corrected chi connectivity index (χ3v) is 6.28. The normalized spacial score (nSPS) is 21.9. The lowest BCUT2D eigenvalue weighted by molar-refractivity contribution is -0.135. The number of benzene rings is 1. The molecular weight excluding hydrogens is 426 g/mol.